The van der Waals surface area contributed by atoms with Crippen LogP contribution >= 0.6 is 0 Å². The van der Waals surface area contributed by atoms with Gasteiger partial charge in [-0.2, -0.15) is 8.42 Å². The Kier molecular flexibility index (Phi) is 40.1. The first kappa shape index (κ1) is 61.0. The van der Waals surface area contributed by atoms with E-state index in [4.69, 9.17) is 18.9 Å². The van der Waals surface area contributed by atoms with E-state index in [0.717, 1.165) is 96.3 Å². The first-order valence-electron chi connectivity index (χ1n) is 25.0. The summed E-state index contributed by atoms with van der Waals surface area (Å²) in [6.07, 6.45) is 50.0. The zero-order valence-electron chi connectivity index (χ0n) is 40.5. The van der Waals surface area contributed by atoms with Gasteiger partial charge in [0.05, 0.1) is 19.8 Å². The number of hydrogen-bond acceptors (Lipinski definition) is 11. The second-order valence-corrected chi connectivity index (χ2v) is 17.7. The molecule has 1 aliphatic rings. The number of esters is 1. The molecule has 1 saturated heterocycles. The third-order valence-corrected chi connectivity index (χ3v) is 11.2. The van der Waals surface area contributed by atoms with Crippen LogP contribution in [-0.2, 0) is 38.3 Å². The molecule has 0 radical (unpaired) electrons. The molecule has 0 aromatic rings. The summed E-state index contributed by atoms with van der Waals surface area (Å²) in [7, 11) is -5.08. The predicted octanol–water partition coefficient (Wildman–Crippen LogP) is 11.4. The Balaban J connectivity index is 2.43. The number of ether oxygens (including phenoxy) is 4. The first-order valence-corrected chi connectivity index (χ1v) is 26.4. The third-order valence-electron chi connectivity index (χ3n) is 10.7. The van der Waals surface area contributed by atoms with Gasteiger partial charge in [-0.3, -0.25) is 9.35 Å². The van der Waals surface area contributed by atoms with Gasteiger partial charge in [0.2, 0.25) is 0 Å². The maximum Gasteiger partial charge on any atom is 0.397 e. The Morgan fingerprint density at radius 1 is 0.591 bits per heavy atom. The quantitative estimate of drug-likeness (QED) is 0.0197. The van der Waals surface area contributed by atoms with Gasteiger partial charge < -0.3 is 34.3 Å². The Morgan fingerprint density at radius 3 is 1.53 bits per heavy atom. The van der Waals surface area contributed by atoms with Crippen molar-refractivity contribution in [2.24, 2.45) is 0 Å². The summed E-state index contributed by atoms with van der Waals surface area (Å²) >= 11 is 0. The van der Waals surface area contributed by atoms with E-state index in [9.17, 15) is 33.1 Å². The highest BCUT2D eigenvalue weighted by molar-refractivity contribution is 7.80. The normalized spacial score (nSPS) is 20.4. The van der Waals surface area contributed by atoms with Crippen LogP contribution in [0.15, 0.2) is 97.2 Å². The lowest BCUT2D eigenvalue weighted by atomic mass is 9.99. The molecule has 0 aromatic heterocycles. The predicted molar refractivity (Wildman–Crippen MR) is 266 cm³/mol. The van der Waals surface area contributed by atoms with Gasteiger partial charge in [0.25, 0.3) is 0 Å². The van der Waals surface area contributed by atoms with Gasteiger partial charge in [-0.05, 0) is 96.3 Å². The van der Waals surface area contributed by atoms with Gasteiger partial charge in [0.1, 0.15) is 30.5 Å². The SMILES string of the molecule is CC/C=C\C/C=C\C/C=C\C/C=C\C/C=C\CCCCCC(=O)OC(COCCCCCCCCC/C=C\C/C=C\C/C=C\CCCCC)COC1OC(CO)C(O)C(OS(=O)(=O)O)C1O. The summed E-state index contributed by atoms with van der Waals surface area (Å²) in [6.45, 7) is 3.77. The van der Waals surface area contributed by atoms with E-state index in [1.165, 1.54) is 44.9 Å². The fourth-order valence-electron chi connectivity index (χ4n) is 6.94. The lowest BCUT2D eigenvalue weighted by Crippen LogP contribution is -2.60. The average Bonchev–Trinajstić information content (AvgIpc) is 3.29. The summed E-state index contributed by atoms with van der Waals surface area (Å²) in [4.78, 5) is 12.9. The van der Waals surface area contributed by atoms with Gasteiger partial charge in [-0.1, -0.05) is 162 Å². The second-order valence-electron chi connectivity index (χ2n) is 16.7. The van der Waals surface area contributed by atoms with E-state index in [2.05, 4.69) is 115 Å². The molecule has 12 nitrogen and oxygen atoms in total. The summed E-state index contributed by atoms with van der Waals surface area (Å²) in [5, 5.41) is 30.7. The van der Waals surface area contributed by atoms with Crippen molar-refractivity contribution >= 4 is 16.4 Å². The Bertz CT molecular complexity index is 1520. The van der Waals surface area contributed by atoms with Gasteiger partial charge in [-0.25, -0.2) is 4.18 Å². The summed E-state index contributed by atoms with van der Waals surface area (Å²) < 4.78 is 59.2. The largest absolute Gasteiger partial charge is 0.457 e. The molecule has 66 heavy (non-hydrogen) atoms. The molecule has 13 heteroatoms. The third kappa shape index (κ3) is 36.1. The van der Waals surface area contributed by atoms with Crippen molar-refractivity contribution < 1.29 is 56.2 Å². The average molecular weight is 949 g/mol. The van der Waals surface area contributed by atoms with Gasteiger partial charge in [0.15, 0.2) is 6.29 Å². The molecular formula is C53H88O12S. The number of rotatable bonds is 42. The molecule has 1 fully saturated rings. The van der Waals surface area contributed by atoms with E-state index in [-0.39, 0.29) is 19.6 Å². The number of allylic oxidation sites excluding steroid dienone is 16. The molecule has 6 atom stereocenters. The second kappa shape index (κ2) is 43.3. The molecule has 4 N–H and O–H groups in total. The van der Waals surface area contributed by atoms with Crippen LogP contribution in [0.2, 0.25) is 0 Å². The summed E-state index contributed by atoms with van der Waals surface area (Å²) in [5.74, 6) is -0.438. The minimum atomic E-state index is -5.08. The standard InChI is InChI=1S/C53H88O12S/c1-3-5-7-9-11-13-15-17-19-21-23-25-27-29-31-33-35-37-39-41-43-61-45-47(46-62-53-51(57)52(65-66(58,59)60)50(56)48(44-54)64-53)63-49(55)42-40-38-36-34-32-30-28-26-24-22-20-18-16-14-12-10-8-6-4-2/h6,8,11-14,17-20,23-26,30,32,47-48,50-54,56-57H,3-5,7,9-10,15-16,21-22,27-29,31,33-46H2,1-2H3,(H,58,59,60)/b8-6-,13-11-,14-12-,19-17-,20-18-,25-23-,26-24-,32-30-. The first-order chi connectivity index (χ1) is 32.1. The Hall–Kier alpha value is -2.98. The van der Waals surface area contributed by atoms with Crippen molar-refractivity contribution in [3.05, 3.63) is 97.2 Å². The van der Waals surface area contributed by atoms with Crippen LogP contribution in [0.4, 0.5) is 0 Å². The molecule has 0 bridgehead atoms. The Morgan fingerprint density at radius 2 is 1.05 bits per heavy atom. The van der Waals surface area contributed by atoms with Crippen molar-refractivity contribution in [3.8, 4) is 0 Å². The number of carbonyl (C=O) groups excluding carboxylic acids is 1. The van der Waals surface area contributed by atoms with Crippen molar-refractivity contribution in [1.29, 1.82) is 0 Å². The van der Waals surface area contributed by atoms with Crippen molar-refractivity contribution in [1.82, 2.24) is 0 Å². The number of aliphatic hydroxyl groups is 3. The Labute approximate surface area is 399 Å². The van der Waals surface area contributed by atoms with Crippen molar-refractivity contribution in [2.45, 2.75) is 205 Å². The van der Waals surface area contributed by atoms with E-state index in [1.807, 2.05) is 0 Å². The minimum Gasteiger partial charge on any atom is -0.457 e. The molecule has 0 aliphatic carbocycles. The van der Waals surface area contributed by atoms with Crippen LogP contribution < -0.4 is 0 Å². The van der Waals surface area contributed by atoms with Gasteiger partial charge in [0, 0.05) is 13.0 Å². The molecule has 0 saturated carbocycles. The summed E-state index contributed by atoms with van der Waals surface area (Å²) in [5.41, 5.74) is 0. The van der Waals surface area contributed by atoms with Crippen LogP contribution in [0.3, 0.4) is 0 Å². The highest BCUT2D eigenvalue weighted by Gasteiger charge is 2.48. The van der Waals surface area contributed by atoms with Gasteiger partial charge >= 0.3 is 16.4 Å². The van der Waals surface area contributed by atoms with E-state index < -0.39 is 59.8 Å². The molecular weight excluding hydrogens is 861 g/mol. The number of unbranched alkanes of at least 4 members (excludes halogenated alkanes) is 13. The molecule has 0 aromatic carbocycles. The zero-order valence-corrected chi connectivity index (χ0v) is 41.3. The topological polar surface area (TPSA) is 178 Å². The van der Waals surface area contributed by atoms with Crippen molar-refractivity contribution in [2.75, 3.05) is 26.4 Å². The maximum absolute atomic E-state index is 12.9. The number of hydrogen-bond donors (Lipinski definition) is 4. The smallest absolute Gasteiger partial charge is 0.397 e. The van der Waals surface area contributed by atoms with Crippen LogP contribution in [0.5, 0.6) is 0 Å². The number of aliphatic hydroxyl groups excluding tert-OH is 3. The molecule has 0 spiro atoms. The van der Waals surface area contributed by atoms with E-state index in [0.29, 0.717) is 13.0 Å². The maximum atomic E-state index is 12.9. The zero-order chi connectivity index (χ0) is 48.2. The molecule has 1 rings (SSSR count). The van der Waals surface area contributed by atoms with E-state index >= 15 is 0 Å². The highest BCUT2D eigenvalue weighted by atomic mass is 32.3. The highest BCUT2D eigenvalue weighted by Crippen LogP contribution is 2.26. The van der Waals surface area contributed by atoms with E-state index in [1.54, 1.807) is 0 Å². The molecule has 1 heterocycles. The van der Waals surface area contributed by atoms with Crippen LogP contribution in [0.1, 0.15) is 168 Å². The van der Waals surface area contributed by atoms with Crippen LogP contribution in [0, 0.1) is 0 Å². The molecule has 378 valence electrons. The fraction of sp³-hybridized carbons (Fsp3) is 0.679. The van der Waals surface area contributed by atoms with Crippen molar-refractivity contribution in [3.63, 3.8) is 0 Å². The lowest BCUT2D eigenvalue weighted by molar-refractivity contribution is -0.301. The monoisotopic (exact) mass is 949 g/mol. The van der Waals surface area contributed by atoms with Crippen LogP contribution in [0.25, 0.3) is 0 Å². The minimum absolute atomic E-state index is 0.00904. The van der Waals surface area contributed by atoms with Gasteiger partial charge in [-0.15, -0.1) is 0 Å². The lowest BCUT2D eigenvalue weighted by Gasteiger charge is -2.41. The molecule has 1 aliphatic heterocycles. The summed E-state index contributed by atoms with van der Waals surface area (Å²) in [6, 6.07) is 0. The molecule has 0 amide bonds. The van der Waals surface area contributed by atoms with Crippen LogP contribution in [-0.4, -0.2) is 97.5 Å². The molecule has 6 unspecified atom stereocenters. The number of carbonyl (C=O) groups is 1. The fourth-order valence-corrected chi connectivity index (χ4v) is 7.45.